The summed E-state index contributed by atoms with van der Waals surface area (Å²) in [6.07, 6.45) is 1.75. The van der Waals surface area contributed by atoms with E-state index >= 15 is 0 Å². The van der Waals surface area contributed by atoms with Crippen LogP contribution in [0, 0.1) is 0 Å². The smallest absolute Gasteiger partial charge is 0.181 e. The predicted octanol–water partition coefficient (Wildman–Crippen LogP) is 3.53. The van der Waals surface area contributed by atoms with Gasteiger partial charge in [0.1, 0.15) is 0 Å². The number of nitrogens with zero attached hydrogens (tertiary/aromatic N) is 1. The summed E-state index contributed by atoms with van der Waals surface area (Å²) in [5.41, 5.74) is 2.55. The van der Waals surface area contributed by atoms with Crippen LogP contribution in [0.5, 0.6) is 0 Å². The Kier molecular flexibility index (Phi) is 3.42. The van der Waals surface area contributed by atoms with Crippen LogP contribution in [0.2, 0.25) is 0 Å². The van der Waals surface area contributed by atoms with Gasteiger partial charge in [-0.1, -0.05) is 24.3 Å². The highest BCUT2D eigenvalue weighted by atomic mass is 16.1. The first-order chi connectivity index (χ1) is 9.83. The Bertz CT molecular complexity index is 738. The van der Waals surface area contributed by atoms with Crippen molar-refractivity contribution >= 4 is 22.4 Å². The number of hydrogen-bond donors (Lipinski definition) is 1. The zero-order chi connectivity index (χ0) is 13.8. The number of aromatic nitrogens is 1. The van der Waals surface area contributed by atoms with Gasteiger partial charge in [-0.15, -0.1) is 0 Å². The number of anilines is 1. The molecule has 0 spiro atoms. The SMILES string of the molecule is O=C(CNc1ccccc1)c1ccc2ncccc2c1. The molecule has 2 aromatic carbocycles. The molecule has 0 saturated heterocycles. The Morgan fingerprint density at radius 2 is 1.85 bits per heavy atom. The van der Waals surface area contributed by atoms with Crippen LogP contribution in [0.1, 0.15) is 10.4 Å². The van der Waals surface area contributed by atoms with Crippen LogP contribution in [0.3, 0.4) is 0 Å². The molecule has 0 atom stereocenters. The number of carbonyl (C=O) groups is 1. The zero-order valence-corrected chi connectivity index (χ0v) is 10.9. The number of pyridine rings is 1. The minimum atomic E-state index is 0.0691. The number of benzene rings is 2. The number of rotatable bonds is 4. The molecular weight excluding hydrogens is 248 g/mol. The van der Waals surface area contributed by atoms with Gasteiger partial charge in [0.15, 0.2) is 5.78 Å². The number of hydrogen-bond acceptors (Lipinski definition) is 3. The molecule has 0 amide bonds. The molecular formula is C17H14N2O. The van der Waals surface area contributed by atoms with E-state index in [1.54, 1.807) is 6.20 Å². The van der Waals surface area contributed by atoms with Gasteiger partial charge < -0.3 is 5.32 Å². The molecule has 3 nitrogen and oxygen atoms in total. The van der Waals surface area contributed by atoms with E-state index in [2.05, 4.69) is 10.3 Å². The summed E-state index contributed by atoms with van der Waals surface area (Å²) < 4.78 is 0. The summed E-state index contributed by atoms with van der Waals surface area (Å²) in [5, 5.41) is 4.11. The van der Waals surface area contributed by atoms with Gasteiger partial charge in [-0.2, -0.15) is 0 Å². The lowest BCUT2D eigenvalue weighted by atomic mass is 10.1. The second-order valence-electron chi connectivity index (χ2n) is 4.55. The van der Waals surface area contributed by atoms with E-state index < -0.39 is 0 Å². The quantitative estimate of drug-likeness (QED) is 0.731. The summed E-state index contributed by atoms with van der Waals surface area (Å²) in [5.74, 6) is 0.0691. The van der Waals surface area contributed by atoms with E-state index in [9.17, 15) is 4.79 Å². The average Bonchev–Trinajstić information content (AvgIpc) is 2.53. The third-order valence-electron chi connectivity index (χ3n) is 3.15. The van der Waals surface area contributed by atoms with Gasteiger partial charge in [0.25, 0.3) is 0 Å². The maximum absolute atomic E-state index is 12.2. The lowest BCUT2D eigenvalue weighted by Crippen LogP contribution is -2.13. The van der Waals surface area contributed by atoms with E-state index in [-0.39, 0.29) is 12.3 Å². The molecule has 0 saturated carbocycles. The molecule has 0 radical (unpaired) electrons. The number of ketones is 1. The number of para-hydroxylation sites is 1. The molecule has 1 heterocycles. The summed E-state index contributed by atoms with van der Waals surface area (Å²) >= 11 is 0. The molecule has 0 bridgehead atoms. The first-order valence-electron chi connectivity index (χ1n) is 6.50. The molecule has 3 aromatic rings. The van der Waals surface area contributed by atoms with Crippen LogP contribution in [0.25, 0.3) is 10.9 Å². The molecule has 3 heteroatoms. The van der Waals surface area contributed by atoms with Crippen LogP contribution >= 0.6 is 0 Å². The Hall–Kier alpha value is -2.68. The highest BCUT2D eigenvalue weighted by molar-refractivity contribution is 6.01. The number of nitrogens with one attached hydrogen (secondary N) is 1. The topological polar surface area (TPSA) is 42.0 Å². The fourth-order valence-electron chi connectivity index (χ4n) is 2.09. The number of carbonyl (C=O) groups excluding carboxylic acids is 1. The van der Waals surface area contributed by atoms with Crippen molar-refractivity contribution in [3.8, 4) is 0 Å². The molecule has 0 aliphatic rings. The Morgan fingerprint density at radius 1 is 1.00 bits per heavy atom. The maximum Gasteiger partial charge on any atom is 0.181 e. The maximum atomic E-state index is 12.2. The zero-order valence-electron chi connectivity index (χ0n) is 10.9. The van der Waals surface area contributed by atoms with E-state index in [1.807, 2.05) is 60.7 Å². The lowest BCUT2D eigenvalue weighted by molar-refractivity contribution is 0.101. The largest absolute Gasteiger partial charge is 0.378 e. The normalized spacial score (nSPS) is 10.4. The third kappa shape index (κ3) is 2.67. The Morgan fingerprint density at radius 3 is 2.70 bits per heavy atom. The molecule has 0 unspecified atom stereocenters. The number of fused-ring (bicyclic) bond motifs is 1. The lowest BCUT2D eigenvalue weighted by Gasteiger charge is -2.06. The van der Waals surface area contributed by atoms with Crippen LogP contribution in [-0.2, 0) is 0 Å². The fourth-order valence-corrected chi connectivity index (χ4v) is 2.09. The van der Waals surface area contributed by atoms with Gasteiger partial charge in [-0.3, -0.25) is 9.78 Å². The first-order valence-corrected chi connectivity index (χ1v) is 6.50. The Balaban J connectivity index is 1.75. The molecule has 0 fully saturated rings. The standard InChI is InChI=1S/C17H14N2O/c20-17(12-19-15-6-2-1-3-7-15)14-8-9-16-13(11-14)5-4-10-18-16/h1-11,19H,12H2. The van der Waals surface area contributed by atoms with Gasteiger partial charge in [-0.05, 0) is 36.4 Å². The van der Waals surface area contributed by atoms with Crippen molar-refractivity contribution in [2.45, 2.75) is 0 Å². The van der Waals surface area contributed by atoms with Crippen molar-refractivity contribution in [1.82, 2.24) is 4.98 Å². The molecule has 20 heavy (non-hydrogen) atoms. The van der Waals surface area contributed by atoms with Crippen LogP contribution in [0.15, 0.2) is 66.9 Å². The van der Waals surface area contributed by atoms with E-state index in [0.29, 0.717) is 5.56 Å². The van der Waals surface area contributed by atoms with Crippen molar-refractivity contribution in [2.24, 2.45) is 0 Å². The summed E-state index contributed by atoms with van der Waals surface area (Å²) in [6, 6.07) is 19.1. The summed E-state index contributed by atoms with van der Waals surface area (Å²) in [6.45, 7) is 0.287. The van der Waals surface area contributed by atoms with Crippen molar-refractivity contribution in [1.29, 1.82) is 0 Å². The van der Waals surface area contributed by atoms with E-state index in [1.165, 1.54) is 0 Å². The van der Waals surface area contributed by atoms with Gasteiger partial charge in [0.05, 0.1) is 12.1 Å². The van der Waals surface area contributed by atoms with E-state index in [4.69, 9.17) is 0 Å². The molecule has 0 aliphatic carbocycles. The fraction of sp³-hybridized carbons (Fsp3) is 0.0588. The highest BCUT2D eigenvalue weighted by Gasteiger charge is 2.06. The van der Waals surface area contributed by atoms with Crippen LogP contribution < -0.4 is 5.32 Å². The van der Waals surface area contributed by atoms with Gasteiger partial charge in [0.2, 0.25) is 0 Å². The van der Waals surface area contributed by atoms with Crippen LogP contribution in [0.4, 0.5) is 5.69 Å². The van der Waals surface area contributed by atoms with Crippen molar-refractivity contribution in [3.05, 3.63) is 72.4 Å². The highest BCUT2D eigenvalue weighted by Crippen LogP contribution is 2.14. The minimum Gasteiger partial charge on any atom is -0.378 e. The molecule has 98 valence electrons. The summed E-state index contributed by atoms with van der Waals surface area (Å²) in [4.78, 5) is 16.4. The van der Waals surface area contributed by atoms with Crippen molar-refractivity contribution < 1.29 is 4.79 Å². The van der Waals surface area contributed by atoms with Gasteiger partial charge >= 0.3 is 0 Å². The first kappa shape index (κ1) is 12.4. The van der Waals surface area contributed by atoms with Gasteiger partial charge in [-0.25, -0.2) is 0 Å². The Labute approximate surface area is 117 Å². The molecule has 1 aromatic heterocycles. The molecule has 3 rings (SSSR count). The monoisotopic (exact) mass is 262 g/mol. The second kappa shape index (κ2) is 5.53. The second-order valence-corrected chi connectivity index (χ2v) is 4.55. The van der Waals surface area contributed by atoms with Crippen LogP contribution in [-0.4, -0.2) is 17.3 Å². The molecule has 1 N–H and O–H groups in total. The average molecular weight is 262 g/mol. The number of Topliss-reactive ketones (excluding diaryl/α,β-unsaturated/α-hetero) is 1. The van der Waals surface area contributed by atoms with Gasteiger partial charge in [0, 0.05) is 22.8 Å². The van der Waals surface area contributed by atoms with E-state index in [0.717, 1.165) is 16.6 Å². The molecule has 0 aliphatic heterocycles. The van der Waals surface area contributed by atoms with Crippen molar-refractivity contribution in [2.75, 3.05) is 11.9 Å². The third-order valence-corrected chi connectivity index (χ3v) is 3.15. The van der Waals surface area contributed by atoms with Crippen molar-refractivity contribution in [3.63, 3.8) is 0 Å². The minimum absolute atomic E-state index is 0.0691. The summed E-state index contributed by atoms with van der Waals surface area (Å²) in [7, 11) is 0. The predicted molar refractivity (Wildman–Crippen MR) is 81.0 cm³/mol.